The van der Waals surface area contributed by atoms with Crippen molar-refractivity contribution in [3.05, 3.63) is 48.2 Å². The van der Waals surface area contributed by atoms with E-state index in [-0.39, 0.29) is 24.7 Å². The van der Waals surface area contributed by atoms with Crippen LogP contribution in [0.15, 0.2) is 42.6 Å². The number of carbonyl (C=O) groups is 2. The third-order valence-corrected chi connectivity index (χ3v) is 3.72. The van der Waals surface area contributed by atoms with E-state index in [4.69, 9.17) is 4.74 Å². The summed E-state index contributed by atoms with van der Waals surface area (Å²) in [6.45, 7) is 0.476. The molecule has 0 atom stereocenters. The maximum Gasteiger partial charge on any atom is 0.234 e. The Hall–Kier alpha value is -2.89. The number of anilines is 2. The number of nitrogens with one attached hydrogen (secondary N) is 1. The van der Waals surface area contributed by atoms with E-state index in [9.17, 15) is 9.59 Å². The zero-order chi connectivity index (χ0) is 16.2. The fraction of sp³-hybridized carbons (Fsp3) is 0.235. The Labute approximate surface area is 134 Å². The fourth-order valence-corrected chi connectivity index (χ4v) is 2.59. The van der Waals surface area contributed by atoms with Gasteiger partial charge in [0.25, 0.3) is 0 Å². The summed E-state index contributed by atoms with van der Waals surface area (Å²) in [5.74, 6) is 0.888. The first-order chi connectivity index (χ1) is 11.2. The first kappa shape index (κ1) is 15.0. The number of methoxy groups -OCH3 is 1. The van der Waals surface area contributed by atoms with E-state index >= 15 is 0 Å². The maximum absolute atomic E-state index is 11.9. The molecule has 1 aliphatic rings. The highest BCUT2D eigenvalue weighted by Crippen LogP contribution is 2.29. The number of amides is 2. The predicted octanol–water partition coefficient (Wildman–Crippen LogP) is 2.36. The minimum Gasteiger partial charge on any atom is -0.496 e. The fourth-order valence-electron chi connectivity index (χ4n) is 2.59. The molecule has 0 radical (unpaired) electrons. The average molecular weight is 311 g/mol. The lowest BCUT2D eigenvalue weighted by Gasteiger charge is -2.18. The van der Waals surface area contributed by atoms with E-state index in [0.717, 1.165) is 11.3 Å². The molecule has 6 heteroatoms. The lowest BCUT2D eigenvalue weighted by Crippen LogP contribution is -2.29. The average Bonchev–Trinajstić information content (AvgIpc) is 2.92. The number of para-hydroxylation sites is 1. The van der Waals surface area contributed by atoms with Gasteiger partial charge in [-0.3, -0.25) is 9.59 Å². The normalized spacial score (nSPS) is 14.2. The van der Waals surface area contributed by atoms with Crippen molar-refractivity contribution in [2.75, 3.05) is 17.3 Å². The molecule has 2 heterocycles. The number of aromatic nitrogens is 1. The van der Waals surface area contributed by atoms with Gasteiger partial charge in [-0.15, -0.1) is 0 Å². The lowest BCUT2D eigenvalue weighted by molar-refractivity contribution is -0.121. The smallest absolute Gasteiger partial charge is 0.234 e. The molecule has 1 fully saturated rings. The Morgan fingerprint density at radius 2 is 1.87 bits per heavy atom. The van der Waals surface area contributed by atoms with Gasteiger partial charge >= 0.3 is 0 Å². The third kappa shape index (κ3) is 3.01. The van der Waals surface area contributed by atoms with Crippen LogP contribution in [0.25, 0.3) is 0 Å². The maximum atomic E-state index is 11.9. The van der Waals surface area contributed by atoms with E-state index in [2.05, 4.69) is 10.3 Å². The predicted molar refractivity (Wildman–Crippen MR) is 86.3 cm³/mol. The van der Waals surface area contributed by atoms with Crippen LogP contribution >= 0.6 is 0 Å². The van der Waals surface area contributed by atoms with Gasteiger partial charge in [-0.1, -0.05) is 18.2 Å². The number of pyridine rings is 1. The number of imide groups is 1. The van der Waals surface area contributed by atoms with Crippen LogP contribution in [0.2, 0.25) is 0 Å². The Balaban J connectivity index is 1.84. The monoisotopic (exact) mass is 311 g/mol. The summed E-state index contributed by atoms with van der Waals surface area (Å²) in [4.78, 5) is 29.4. The Bertz CT molecular complexity index is 729. The number of nitrogens with zero attached hydrogens (tertiary/aromatic N) is 2. The quantitative estimate of drug-likeness (QED) is 0.858. The summed E-state index contributed by atoms with van der Waals surface area (Å²) in [7, 11) is 1.62. The van der Waals surface area contributed by atoms with Crippen LogP contribution < -0.4 is 15.0 Å². The molecular weight excluding hydrogens is 294 g/mol. The highest BCUT2D eigenvalue weighted by atomic mass is 16.5. The van der Waals surface area contributed by atoms with Crippen molar-refractivity contribution in [2.45, 2.75) is 19.4 Å². The molecule has 6 nitrogen and oxygen atoms in total. The zero-order valence-corrected chi connectivity index (χ0v) is 12.8. The van der Waals surface area contributed by atoms with E-state index in [1.807, 2.05) is 24.3 Å². The summed E-state index contributed by atoms with van der Waals surface area (Å²) < 4.78 is 5.32. The molecular formula is C17H17N3O3. The number of ether oxygens (including phenoxy) is 1. The van der Waals surface area contributed by atoms with Gasteiger partial charge in [-0.05, 0) is 18.2 Å². The molecule has 1 N–H and O–H groups in total. The number of benzene rings is 1. The van der Waals surface area contributed by atoms with Crippen molar-refractivity contribution >= 4 is 23.3 Å². The van der Waals surface area contributed by atoms with E-state index in [1.54, 1.807) is 25.4 Å². The van der Waals surface area contributed by atoms with Crippen LogP contribution in [-0.2, 0) is 16.1 Å². The molecule has 1 aliphatic heterocycles. The van der Waals surface area contributed by atoms with Crippen LogP contribution in [0.5, 0.6) is 5.75 Å². The third-order valence-electron chi connectivity index (χ3n) is 3.72. The first-order valence-electron chi connectivity index (χ1n) is 7.37. The minimum absolute atomic E-state index is 0.191. The SMILES string of the molecule is COc1ccccc1CNc1ncccc1N1C(=O)CCC1=O. The van der Waals surface area contributed by atoms with E-state index in [1.165, 1.54) is 4.90 Å². The number of hydrogen-bond donors (Lipinski definition) is 1. The van der Waals surface area contributed by atoms with E-state index in [0.29, 0.717) is 18.1 Å². The van der Waals surface area contributed by atoms with Crippen molar-refractivity contribution in [3.8, 4) is 5.75 Å². The molecule has 3 rings (SSSR count). The van der Waals surface area contributed by atoms with Gasteiger partial charge in [0.1, 0.15) is 5.75 Å². The summed E-state index contributed by atoms with van der Waals surface area (Å²) in [6, 6.07) is 11.1. The number of rotatable bonds is 5. The van der Waals surface area contributed by atoms with Gasteiger partial charge in [0.05, 0.1) is 12.8 Å². The summed E-state index contributed by atoms with van der Waals surface area (Å²) in [6.07, 6.45) is 2.12. The largest absolute Gasteiger partial charge is 0.496 e. The Morgan fingerprint density at radius 3 is 2.61 bits per heavy atom. The van der Waals surface area contributed by atoms with Gasteiger partial charge in [-0.25, -0.2) is 9.88 Å². The molecule has 1 saturated heterocycles. The lowest BCUT2D eigenvalue weighted by atomic mass is 10.2. The van der Waals surface area contributed by atoms with Crippen molar-refractivity contribution in [1.82, 2.24) is 4.98 Å². The molecule has 0 saturated carbocycles. The standard InChI is InChI=1S/C17H17N3O3/c1-23-14-7-3-2-5-12(14)11-19-17-13(6-4-10-18-17)20-15(21)8-9-16(20)22/h2-7,10H,8-9,11H2,1H3,(H,18,19). The second-order valence-corrected chi connectivity index (χ2v) is 5.16. The number of hydrogen-bond acceptors (Lipinski definition) is 5. The van der Waals surface area contributed by atoms with Crippen LogP contribution in [0.3, 0.4) is 0 Å². The molecule has 0 bridgehead atoms. The highest BCUT2D eigenvalue weighted by molar-refractivity contribution is 6.21. The van der Waals surface area contributed by atoms with Crippen molar-refractivity contribution < 1.29 is 14.3 Å². The number of carbonyl (C=O) groups excluding carboxylic acids is 2. The molecule has 0 spiro atoms. The van der Waals surface area contributed by atoms with Crippen molar-refractivity contribution in [3.63, 3.8) is 0 Å². The van der Waals surface area contributed by atoms with Crippen LogP contribution in [0, 0.1) is 0 Å². The molecule has 0 unspecified atom stereocenters. The topological polar surface area (TPSA) is 71.5 Å². The van der Waals surface area contributed by atoms with Crippen LogP contribution in [0.1, 0.15) is 18.4 Å². The molecule has 2 aromatic rings. The van der Waals surface area contributed by atoms with Gasteiger partial charge in [0.15, 0.2) is 5.82 Å². The Morgan fingerprint density at radius 1 is 1.13 bits per heavy atom. The Kier molecular flexibility index (Phi) is 4.23. The second kappa shape index (κ2) is 6.48. The van der Waals surface area contributed by atoms with Crippen molar-refractivity contribution in [2.24, 2.45) is 0 Å². The van der Waals surface area contributed by atoms with Crippen molar-refractivity contribution in [1.29, 1.82) is 0 Å². The van der Waals surface area contributed by atoms with Gasteiger partial charge in [-0.2, -0.15) is 0 Å². The summed E-state index contributed by atoms with van der Waals surface area (Å²) in [5, 5.41) is 3.19. The highest BCUT2D eigenvalue weighted by Gasteiger charge is 2.32. The molecule has 1 aromatic carbocycles. The summed E-state index contributed by atoms with van der Waals surface area (Å²) >= 11 is 0. The van der Waals surface area contributed by atoms with Crippen LogP contribution in [-0.4, -0.2) is 23.9 Å². The minimum atomic E-state index is -0.191. The first-order valence-corrected chi connectivity index (χ1v) is 7.37. The zero-order valence-electron chi connectivity index (χ0n) is 12.8. The van der Waals surface area contributed by atoms with Gasteiger partial charge < -0.3 is 10.1 Å². The summed E-state index contributed by atoms with van der Waals surface area (Å²) in [5.41, 5.74) is 1.46. The second-order valence-electron chi connectivity index (χ2n) is 5.16. The molecule has 1 aromatic heterocycles. The molecule has 23 heavy (non-hydrogen) atoms. The van der Waals surface area contributed by atoms with Gasteiger partial charge in [0, 0.05) is 31.1 Å². The van der Waals surface area contributed by atoms with E-state index < -0.39 is 0 Å². The molecule has 118 valence electrons. The molecule has 2 amide bonds. The van der Waals surface area contributed by atoms with Crippen LogP contribution in [0.4, 0.5) is 11.5 Å². The van der Waals surface area contributed by atoms with Gasteiger partial charge in [0.2, 0.25) is 11.8 Å². The molecule has 0 aliphatic carbocycles.